The molecule has 1 atom stereocenters. The van der Waals surface area contributed by atoms with E-state index < -0.39 is 35.7 Å². The summed E-state index contributed by atoms with van der Waals surface area (Å²) in [6, 6.07) is 17.7. The number of carbonyl (C=O) groups excluding carboxylic acids is 4. The van der Waals surface area contributed by atoms with Crippen LogP contribution in [0.25, 0.3) is 0 Å². The molecule has 0 spiro atoms. The van der Waals surface area contributed by atoms with Crippen LogP contribution in [-0.4, -0.2) is 48.4 Å². The molecule has 1 N–H and O–H groups in total. The van der Waals surface area contributed by atoms with Crippen molar-refractivity contribution in [1.82, 2.24) is 4.90 Å². The molecule has 0 aromatic heterocycles. The molecule has 0 aliphatic carbocycles. The van der Waals surface area contributed by atoms with E-state index in [1.165, 1.54) is 30.2 Å². The molecule has 4 rings (SSSR count). The minimum atomic E-state index is -1.06. The number of aryl methyl sites for hydroxylation is 1. The predicted octanol–water partition coefficient (Wildman–Crippen LogP) is 4.33. The Bertz CT molecular complexity index is 1340. The zero-order valence-electron chi connectivity index (χ0n) is 20.4. The molecule has 0 unspecified atom stereocenters. The molecule has 1 aliphatic heterocycles. The number of hydrogen-bond acceptors (Lipinski definition) is 5. The third kappa shape index (κ3) is 5.66. The number of urea groups is 1. The van der Waals surface area contributed by atoms with Gasteiger partial charge in [-0.25, -0.2) is 18.9 Å². The highest BCUT2D eigenvalue weighted by atomic mass is 19.1. The number of hydrogen-bond donors (Lipinski definition) is 1. The number of rotatable bonds is 8. The van der Waals surface area contributed by atoms with Gasteiger partial charge in [0.2, 0.25) is 5.91 Å². The van der Waals surface area contributed by atoms with E-state index in [9.17, 15) is 23.6 Å². The summed E-state index contributed by atoms with van der Waals surface area (Å²) in [5, 5.41) is 2.70. The monoisotopic (exact) mass is 503 g/mol. The van der Waals surface area contributed by atoms with Crippen molar-refractivity contribution in [3.63, 3.8) is 0 Å². The predicted molar refractivity (Wildman–Crippen MR) is 136 cm³/mol. The normalized spacial score (nSPS) is 15.2. The minimum Gasteiger partial charge on any atom is -0.465 e. The smallest absolute Gasteiger partial charge is 0.337 e. The molecule has 8 nitrogen and oxygen atoms in total. The van der Waals surface area contributed by atoms with Crippen molar-refractivity contribution in [2.75, 3.05) is 23.9 Å². The Balaban J connectivity index is 1.54. The number of nitrogens with one attached hydrogen (secondary N) is 1. The number of esters is 1. The number of imide groups is 1. The Morgan fingerprint density at radius 3 is 2.41 bits per heavy atom. The number of methoxy groups -OCH3 is 1. The van der Waals surface area contributed by atoms with Crippen molar-refractivity contribution < 1.29 is 28.3 Å². The first-order chi connectivity index (χ1) is 17.8. The van der Waals surface area contributed by atoms with Crippen LogP contribution in [0.3, 0.4) is 0 Å². The molecule has 0 bridgehead atoms. The summed E-state index contributed by atoms with van der Waals surface area (Å²) < 4.78 is 18.9. The summed E-state index contributed by atoms with van der Waals surface area (Å²) in [6.07, 6.45) is -0.108. The topological polar surface area (TPSA) is 96.0 Å². The van der Waals surface area contributed by atoms with Gasteiger partial charge in [-0.1, -0.05) is 30.3 Å². The maximum absolute atomic E-state index is 14.2. The summed E-state index contributed by atoms with van der Waals surface area (Å²) in [5.41, 5.74) is 2.43. The molecule has 1 fully saturated rings. The fourth-order valence-corrected chi connectivity index (χ4v) is 4.23. The Morgan fingerprint density at radius 2 is 1.73 bits per heavy atom. The van der Waals surface area contributed by atoms with Crippen molar-refractivity contribution >= 4 is 35.2 Å². The second-order valence-electron chi connectivity index (χ2n) is 8.67. The van der Waals surface area contributed by atoms with Gasteiger partial charge in [0.05, 0.1) is 24.8 Å². The highest BCUT2D eigenvalue weighted by Gasteiger charge is 2.46. The molecule has 3 aromatic carbocycles. The third-order valence-corrected chi connectivity index (χ3v) is 6.13. The van der Waals surface area contributed by atoms with Crippen LogP contribution in [-0.2, 0) is 20.7 Å². The molecule has 1 heterocycles. The van der Waals surface area contributed by atoms with Gasteiger partial charge in [0.25, 0.3) is 5.91 Å². The molecule has 0 radical (unpaired) electrons. The Hall–Kier alpha value is -4.53. The number of ether oxygens (including phenoxy) is 1. The number of anilines is 2. The van der Waals surface area contributed by atoms with E-state index in [0.29, 0.717) is 22.5 Å². The molecule has 0 saturated carbocycles. The first-order valence-electron chi connectivity index (χ1n) is 11.7. The molecule has 37 heavy (non-hydrogen) atoms. The molecular weight excluding hydrogens is 477 g/mol. The van der Waals surface area contributed by atoms with Gasteiger partial charge in [0, 0.05) is 12.2 Å². The number of benzene rings is 3. The van der Waals surface area contributed by atoms with Crippen LogP contribution >= 0.6 is 0 Å². The number of nitrogens with zero attached hydrogens (tertiary/aromatic N) is 2. The van der Waals surface area contributed by atoms with Crippen molar-refractivity contribution in [3.05, 3.63) is 95.3 Å². The van der Waals surface area contributed by atoms with Gasteiger partial charge in [0.15, 0.2) is 0 Å². The van der Waals surface area contributed by atoms with Crippen LogP contribution in [0, 0.1) is 12.7 Å². The van der Waals surface area contributed by atoms with Crippen LogP contribution in [0.15, 0.2) is 72.8 Å². The lowest BCUT2D eigenvalue weighted by atomic mass is 10.1. The average Bonchev–Trinajstić information content (AvgIpc) is 3.11. The van der Waals surface area contributed by atoms with E-state index in [4.69, 9.17) is 0 Å². The molecule has 1 saturated heterocycles. The van der Waals surface area contributed by atoms with Gasteiger partial charge < -0.3 is 15.0 Å². The number of amides is 4. The van der Waals surface area contributed by atoms with Crippen molar-refractivity contribution in [1.29, 1.82) is 0 Å². The largest absolute Gasteiger partial charge is 0.465 e. The molecule has 3 aromatic rings. The molecular formula is C28H26FN3O5. The first-order valence-corrected chi connectivity index (χ1v) is 11.7. The maximum Gasteiger partial charge on any atom is 0.337 e. The van der Waals surface area contributed by atoms with Gasteiger partial charge >= 0.3 is 12.0 Å². The van der Waals surface area contributed by atoms with Crippen LogP contribution in [0.2, 0.25) is 0 Å². The lowest BCUT2D eigenvalue weighted by Crippen LogP contribution is -2.39. The van der Waals surface area contributed by atoms with Crippen LogP contribution in [0.1, 0.15) is 27.9 Å². The molecule has 190 valence electrons. The average molecular weight is 504 g/mol. The summed E-state index contributed by atoms with van der Waals surface area (Å²) in [4.78, 5) is 53.7. The SMILES string of the molecule is COC(=O)c1ccc(NC(=O)C[C@@H]2C(=O)N(c3cccc(C)c3)C(=O)N2CCc2ccccc2F)cc1. The lowest BCUT2D eigenvalue weighted by molar-refractivity contribution is -0.124. The van der Waals surface area contributed by atoms with Crippen LogP contribution < -0.4 is 10.2 Å². The van der Waals surface area contributed by atoms with Gasteiger partial charge in [-0.2, -0.15) is 0 Å². The first kappa shape index (κ1) is 25.6. The molecule has 4 amide bonds. The minimum absolute atomic E-state index is 0.0552. The Labute approximate surface area is 213 Å². The fraction of sp³-hybridized carbons (Fsp3) is 0.214. The zero-order valence-corrected chi connectivity index (χ0v) is 20.4. The van der Waals surface area contributed by atoms with Gasteiger partial charge in [-0.15, -0.1) is 0 Å². The summed E-state index contributed by atoms with van der Waals surface area (Å²) in [7, 11) is 1.27. The van der Waals surface area contributed by atoms with Crippen LogP contribution in [0.5, 0.6) is 0 Å². The molecule has 1 aliphatic rings. The lowest BCUT2D eigenvalue weighted by Gasteiger charge is -2.21. The van der Waals surface area contributed by atoms with Crippen molar-refractivity contribution in [2.45, 2.75) is 25.8 Å². The van der Waals surface area contributed by atoms with Crippen molar-refractivity contribution in [3.8, 4) is 0 Å². The molecule has 9 heteroatoms. The summed E-state index contributed by atoms with van der Waals surface area (Å²) in [6.45, 7) is 1.90. The number of carbonyl (C=O) groups is 4. The highest BCUT2D eigenvalue weighted by Crippen LogP contribution is 2.28. The maximum atomic E-state index is 14.2. The zero-order chi connectivity index (χ0) is 26.5. The van der Waals surface area contributed by atoms with Gasteiger partial charge in [-0.3, -0.25) is 9.59 Å². The Kier molecular flexibility index (Phi) is 7.62. The standard InChI is InChI=1S/C28H26FN3O5/c1-18-6-5-8-22(16-18)32-26(34)24(31(28(32)36)15-14-19-7-3-4-9-23(19)29)17-25(33)30-21-12-10-20(11-13-21)27(35)37-2/h3-13,16,24H,14-15,17H2,1-2H3,(H,30,33)/t24-/m1/s1. The van der Waals surface area contributed by atoms with E-state index in [1.807, 2.05) is 13.0 Å². The fourth-order valence-electron chi connectivity index (χ4n) is 4.23. The Morgan fingerprint density at radius 1 is 1.00 bits per heavy atom. The van der Waals surface area contributed by atoms with Gasteiger partial charge in [-0.05, 0) is 66.9 Å². The van der Waals surface area contributed by atoms with E-state index in [0.717, 1.165) is 10.5 Å². The van der Waals surface area contributed by atoms with Crippen LogP contribution in [0.4, 0.5) is 20.6 Å². The van der Waals surface area contributed by atoms with Crippen molar-refractivity contribution in [2.24, 2.45) is 0 Å². The van der Waals surface area contributed by atoms with Gasteiger partial charge in [0.1, 0.15) is 11.9 Å². The highest BCUT2D eigenvalue weighted by molar-refractivity contribution is 6.22. The second kappa shape index (κ2) is 11.0. The van der Waals surface area contributed by atoms with E-state index in [2.05, 4.69) is 10.1 Å². The number of halogens is 1. The summed E-state index contributed by atoms with van der Waals surface area (Å²) >= 11 is 0. The van der Waals surface area contributed by atoms with E-state index in [1.54, 1.807) is 48.5 Å². The third-order valence-electron chi connectivity index (χ3n) is 6.13. The van der Waals surface area contributed by atoms with E-state index in [-0.39, 0.29) is 19.4 Å². The second-order valence-corrected chi connectivity index (χ2v) is 8.67. The van der Waals surface area contributed by atoms with E-state index >= 15 is 0 Å². The summed E-state index contributed by atoms with van der Waals surface area (Å²) in [5.74, 6) is -1.92. The quantitative estimate of drug-likeness (QED) is 0.365.